The molecule has 0 saturated carbocycles. The van der Waals surface area contributed by atoms with Gasteiger partial charge in [0, 0.05) is 10.1 Å². The zero-order chi connectivity index (χ0) is 7.84. The smallest absolute Gasteiger partial charge is 0.0811 e. The monoisotopic (exact) mass is 181 g/mol. The van der Waals surface area contributed by atoms with Gasteiger partial charge in [0.05, 0.1) is 9.90 Å². The van der Waals surface area contributed by atoms with Crippen LogP contribution in [0, 0.1) is 0 Å². The predicted molar refractivity (Wildman–Crippen MR) is 53.5 cm³/mol. The molecule has 3 heteroatoms. The summed E-state index contributed by atoms with van der Waals surface area (Å²) in [6.07, 6.45) is 0. The minimum absolute atomic E-state index is 0.800. The van der Waals surface area contributed by atoms with E-state index in [0.717, 1.165) is 15.3 Å². The van der Waals surface area contributed by atoms with Crippen LogP contribution in [0.2, 0.25) is 0 Å². The highest BCUT2D eigenvalue weighted by Gasteiger charge is 2.03. The minimum atomic E-state index is 0.800. The summed E-state index contributed by atoms with van der Waals surface area (Å²) in [5, 5.41) is 1.11. The normalized spacial score (nSPS) is 10.6. The van der Waals surface area contributed by atoms with E-state index in [1.807, 2.05) is 18.2 Å². The number of thiophene rings is 1. The zero-order valence-corrected chi connectivity index (χ0v) is 7.45. The van der Waals surface area contributed by atoms with Crippen molar-refractivity contribution in [3.63, 3.8) is 0 Å². The Labute approximate surface area is 74.2 Å². The Hall–Kier alpha value is -0.670. The van der Waals surface area contributed by atoms with Gasteiger partial charge in [0.25, 0.3) is 0 Å². The second-order valence-corrected chi connectivity index (χ2v) is 4.12. The average Bonchev–Trinajstić information content (AvgIpc) is 2.30. The van der Waals surface area contributed by atoms with E-state index in [9.17, 15) is 0 Å². The van der Waals surface area contributed by atoms with E-state index in [4.69, 9.17) is 5.73 Å². The summed E-state index contributed by atoms with van der Waals surface area (Å²) in [6, 6.07) is 8.06. The Morgan fingerprint density at radius 3 is 2.73 bits per heavy atom. The molecule has 0 saturated heterocycles. The largest absolute Gasteiger partial charge is 0.397 e. The Bertz CT molecular complexity index is 392. The van der Waals surface area contributed by atoms with Gasteiger partial charge in [-0.3, -0.25) is 0 Å². The third kappa shape index (κ3) is 1.01. The first-order valence-corrected chi connectivity index (χ1v) is 4.51. The summed E-state index contributed by atoms with van der Waals surface area (Å²) >= 11 is 5.87. The van der Waals surface area contributed by atoms with Crippen molar-refractivity contribution in [2.75, 3.05) is 5.73 Å². The molecule has 0 spiro atoms. The zero-order valence-electron chi connectivity index (χ0n) is 5.74. The van der Waals surface area contributed by atoms with Gasteiger partial charge in [0.1, 0.15) is 0 Å². The molecule has 11 heavy (non-hydrogen) atoms. The predicted octanol–water partition coefficient (Wildman–Crippen LogP) is 2.77. The molecule has 56 valence electrons. The molecule has 2 N–H and O–H groups in total. The van der Waals surface area contributed by atoms with Gasteiger partial charge in [-0.1, -0.05) is 18.2 Å². The lowest BCUT2D eigenvalue weighted by atomic mass is 10.2. The number of nitrogens with two attached hydrogens (primary N) is 1. The van der Waals surface area contributed by atoms with E-state index < -0.39 is 0 Å². The Kier molecular flexibility index (Phi) is 1.55. The molecule has 0 atom stereocenters. The van der Waals surface area contributed by atoms with Crippen molar-refractivity contribution < 1.29 is 0 Å². The average molecular weight is 181 g/mol. The fourth-order valence-corrected chi connectivity index (χ4v) is 2.33. The summed E-state index contributed by atoms with van der Waals surface area (Å²) < 4.78 is 2.11. The van der Waals surface area contributed by atoms with Crippen molar-refractivity contribution in [3.8, 4) is 0 Å². The maximum absolute atomic E-state index is 5.77. The molecule has 0 aliphatic carbocycles. The molecule has 0 unspecified atom stereocenters. The number of fused-ring (bicyclic) bond motifs is 1. The molecular weight excluding hydrogens is 174 g/mol. The van der Waals surface area contributed by atoms with E-state index in [1.165, 1.54) is 4.70 Å². The number of thiol groups is 1. The van der Waals surface area contributed by atoms with Gasteiger partial charge in [-0.05, 0) is 6.07 Å². The third-order valence-electron chi connectivity index (χ3n) is 1.61. The van der Waals surface area contributed by atoms with Crippen LogP contribution in [0.4, 0.5) is 5.69 Å². The molecule has 2 rings (SSSR count). The van der Waals surface area contributed by atoms with Crippen LogP contribution in [0.15, 0.2) is 28.5 Å². The Balaban J connectivity index is 2.92. The summed E-state index contributed by atoms with van der Waals surface area (Å²) in [5.74, 6) is 0. The fourth-order valence-electron chi connectivity index (χ4n) is 1.05. The minimum Gasteiger partial charge on any atom is -0.397 e. The van der Waals surface area contributed by atoms with Gasteiger partial charge >= 0.3 is 0 Å². The van der Waals surface area contributed by atoms with Crippen LogP contribution in [0.5, 0.6) is 0 Å². The fraction of sp³-hybridized carbons (Fsp3) is 0. The van der Waals surface area contributed by atoms with Crippen LogP contribution in [0.25, 0.3) is 10.1 Å². The summed E-state index contributed by atoms with van der Waals surface area (Å²) in [4.78, 5) is 0. The number of hydrogen-bond acceptors (Lipinski definition) is 3. The van der Waals surface area contributed by atoms with Crippen LogP contribution in [-0.2, 0) is 0 Å². The molecule has 1 aromatic carbocycles. The first-order chi connectivity index (χ1) is 5.29. The van der Waals surface area contributed by atoms with Gasteiger partial charge < -0.3 is 5.73 Å². The van der Waals surface area contributed by atoms with Crippen LogP contribution in [0.1, 0.15) is 0 Å². The second kappa shape index (κ2) is 2.43. The van der Waals surface area contributed by atoms with Crippen molar-refractivity contribution in [2.45, 2.75) is 4.21 Å². The number of anilines is 1. The number of nitrogen functional groups attached to an aromatic ring is 1. The van der Waals surface area contributed by atoms with Gasteiger partial charge in [-0.2, -0.15) is 0 Å². The van der Waals surface area contributed by atoms with Crippen molar-refractivity contribution in [3.05, 3.63) is 24.3 Å². The summed E-state index contributed by atoms with van der Waals surface area (Å²) in [6.45, 7) is 0. The highest BCUT2D eigenvalue weighted by atomic mass is 32.2. The first kappa shape index (κ1) is 7.00. The maximum atomic E-state index is 5.77. The summed E-state index contributed by atoms with van der Waals surface area (Å²) in [7, 11) is 0. The van der Waals surface area contributed by atoms with Crippen molar-refractivity contribution >= 4 is 39.7 Å². The highest BCUT2D eigenvalue weighted by molar-refractivity contribution is 7.83. The summed E-state index contributed by atoms with van der Waals surface area (Å²) in [5.41, 5.74) is 6.57. The van der Waals surface area contributed by atoms with E-state index in [2.05, 4.69) is 18.7 Å². The molecule has 0 amide bonds. The van der Waals surface area contributed by atoms with Gasteiger partial charge in [-0.15, -0.1) is 24.0 Å². The van der Waals surface area contributed by atoms with Crippen molar-refractivity contribution in [2.24, 2.45) is 0 Å². The maximum Gasteiger partial charge on any atom is 0.0811 e. The molecule has 0 fully saturated rings. The van der Waals surface area contributed by atoms with Crippen LogP contribution in [-0.4, -0.2) is 0 Å². The van der Waals surface area contributed by atoms with Gasteiger partial charge in [0.2, 0.25) is 0 Å². The van der Waals surface area contributed by atoms with Crippen molar-refractivity contribution in [1.29, 1.82) is 0 Å². The van der Waals surface area contributed by atoms with E-state index in [1.54, 1.807) is 11.3 Å². The van der Waals surface area contributed by atoms with Crippen LogP contribution >= 0.6 is 24.0 Å². The Morgan fingerprint density at radius 1 is 1.27 bits per heavy atom. The molecule has 0 bridgehead atoms. The Morgan fingerprint density at radius 2 is 2.00 bits per heavy atom. The van der Waals surface area contributed by atoms with E-state index in [0.29, 0.717) is 0 Å². The molecule has 0 aliphatic heterocycles. The number of benzene rings is 1. The van der Waals surface area contributed by atoms with Crippen LogP contribution in [0.3, 0.4) is 0 Å². The van der Waals surface area contributed by atoms with Gasteiger partial charge in [0.15, 0.2) is 0 Å². The van der Waals surface area contributed by atoms with E-state index in [-0.39, 0.29) is 0 Å². The third-order valence-corrected chi connectivity index (χ3v) is 3.12. The van der Waals surface area contributed by atoms with Gasteiger partial charge in [-0.25, -0.2) is 0 Å². The highest BCUT2D eigenvalue weighted by Crippen LogP contribution is 2.35. The first-order valence-electron chi connectivity index (χ1n) is 3.25. The quantitative estimate of drug-likeness (QED) is 0.600. The topological polar surface area (TPSA) is 26.0 Å². The molecule has 0 radical (unpaired) electrons. The van der Waals surface area contributed by atoms with E-state index >= 15 is 0 Å². The molecule has 1 aromatic heterocycles. The lowest BCUT2D eigenvalue weighted by Gasteiger charge is -1.88. The number of rotatable bonds is 0. The SMILES string of the molecule is Nc1c(S)sc2ccccc12. The lowest BCUT2D eigenvalue weighted by molar-refractivity contribution is 1.73. The standard InChI is InChI=1S/C8H7NS2/c9-7-5-3-1-2-4-6(5)11-8(7)10/h1-4,10H,9H2. The second-order valence-electron chi connectivity index (χ2n) is 2.32. The van der Waals surface area contributed by atoms with Crippen molar-refractivity contribution in [1.82, 2.24) is 0 Å². The molecule has 2 aromatic rings. The number of hydrogen-bond donors (Lipinski definition) is 2. The lowest BCUT2D eigenvalue weighted by Crippen LogP contribution is -1.80. The van der Waals surface area contributed by atoms with Crippen LogP contribution < -0.4 is 5.73 Å². The molecule has 1 heterocycles. The molecular formula is C8H7NS2. The molecule has 0 aliphatic rings. The molecule has 1 nitrogen and oxygen atoms in total.